The summed E-state index contributed by atoms with van der Waals surface area (Å²) in [7, 11) is 1.74. The molecule has 0 aromatic heterocycles. The molecule has 0 heterocycles. The number of hydrogen-bond donors (Lipinski definition) is 1. The molecule has 17 heavy (non-hydrogen) atoms. The van der Waals surface area contributed by atoms with E-state index in [0.29, 0.717) is 0 Å². The monoisotopic (exact) mass is 235 g/mol. The second-order valence-corrected chi connectivity index (χ2v) is 5.38. The fraction of sp³-hybridized carbons (Fsp3) is 0.600. The first kappa shape index (κ1) is 14.0. The van der Waals surface area contributed by atoms with Gasteiger partial charge in [0, 0.05) is 0 Å². The lowest BCUT2D eigenvalue weighted by molar-refractivity contribution is 0.408. The van der Waals surface area contributed by atoms with Crippen molar-refractivity contribution in [2.45, 2.75) is 39.5 Å². The second-order valence-electron chi connectivity index (χ2n) is 5.38. The standard InChI is InChI=1S/C15H25NO/c1-6-16-10-9-12-11-13(15(2,3)4)7-8-14(12)17-5/h7-8,11,16H,6,9-10H2,1-5H3. The van der Waals surface area contributed by atoms with Gasteiger partial charge >= 0.3 is 0 Å². The molecule has 1 N–H and O–H groups in total. The summed E-state index contributed by atoms with van der Waals surface area (Å²) in [5, 5.41) is 3.35. The summed E-state index contributed by atoms with van der Waals surface area (Å²) in [5.41, 5.74) is 2.85. The quantitative estimate of drug-likeness (QED) is 0.792. The molecule has 0 saturated heterocycles. The van der Waals surface area contributed by atoms with Crippen LogP contribution in [0.5, 0.6) is 5.75 Å². The molecule has 1 rings (SSSR count). The molecular formula is C15H25NO. The number of methoxy groups -OCH3 is 1. The fourth-order valence-corrected chi connectivity index (χ4v) is 1.84. The lowest BCUT2D eigenvalue weighted by Gasteiger charge is -2.21. The molecule has 2 nitrogen and oxygen atoms in total. The smallest absolute Gasteiger partial charge is 0.122 e. The molecule has 0 unspecified atom stereocenters. The van der Waals surface area contributed by atoms with E-state index in [1.165, 1.54) is 11.1 Å². The fourth-order valence-electron chi connectivity index (χ4n) is 1.84. The van der Waals surface area contributed by atoms with Crippen LogP contribution < -0.4 is 10.1 Å². The highest BCUT2D eigenvalue weighted by Crippen LogP contribution is 2.28. The molecule has 0 aliphatic heterocycles. The second kappa shape index (κ2) is 6.06. The topological polar surface area (TPSA) is 21.3 Å². The van der Waals surface area contributed by atoms with Crippen LogP contribution in [0.2, 0.25) is 0 Å². The first-order chi connectivity index (χ1) is 7.99. The van der Waals surface area contributed by atoms with Crippen LogP contribution in [-0.2, 0) is 11.8 Å². The highest BCUT2D eigenvalue weighted by atomic mass is 16.5. The van der Waals surface area contributed by atoms with Crippen LogP contribution in [0.25, 0.3) is 0 Å². The number of likely N-dealkylation sites (N-methyl/N-ethyl adjacent to an activating group) is 1. The van der Waals surface area contributed by atoms with Crippen LogP contribution in [0.4, 0.5) is 0 Å². The third kappa shape index (κ3) is 4.04. The molecule has 0 radical (unpaired) electrons. The van der Waals surface area contributed by atoms with Crippen LogP contribution in [0.3, 0.4) is 0 Å². The zero-order valence-corrected chi connectivity index (χ0v) is 11.8. The van der Waals surface area contributed by atoms with Gasteiger partial charge in [-0.2, -0.15) is 0 Å². The SMILES string of the molecule is CCNCCc1cc(C(C)(C)C)ccc1OC. The van der Waals surface area contributed by atoms with E-state index in [1.54, 1.807) is 7.11 Å². The van der Waals surface area contributed by atoms with Gasteiger partial charge in [-0.05, 0) is 42.1 Å². The zero-order chi connectivity index (χ0) is 12.9. The lowest BCUT2D eigenvalue weighted by Crippen LogP contribution is -2.17. The molecule has 0 aliphatic rings. The molecule has 0 spiro atoms. The minimum Gasteiger partial charge on any atom is -0.496 e. The van der Waals surface area contributed by atoms with Crippen molar-refractivity contribution in [2.75, 3.05) is 20.2 Å². The molecule has 0 fully saturated rings. The third-order valence-corrected chi connectivity index (χ3v) is 2.97. The van der Waals surface area contributed by atoms with Crippen LogP contribution in [0.15, 0.2) is 18.2 Å². The summed E-state index contributed by atoms with van der Waals surface area (Å²) >= 11 is 0. The minimum absolute atomic E-state index is 0.194. The van der Waals surface area contributed by atoms with Crippen molar-refractivity contribution in [3.63, 3.8) is 0 Å². The number of nitrogens with one attached hydrogen (secondary N) is 1. The number of rotatable bonds is 5. The molecule has 96 valence electrons. The van der Waals surface area contributed by atoms with E-state index >= 15 is 0 Å². The Morgan fingerprint density at radius 3 is 2.47 bits per heavy atom. The van der Waals surface area contributed by atoms with E-state index in [4.69, 9.17) is 4.74 Å². The Morgan fingerprint density at radius 2 is 1.94 bits per heavy atom. The summed E-state index contributed by atoms with van der Waals surface area (Å²) < 4.78 is 5.42. The number of hydrogen-bond acceptors (Lipinski definition) is 2. The van der Waals surface area contributed by atoms with E-state index in [1.807, 2.05) is 0 Å². The Morgan fingerprint density at radius 1 is 1.24 bits per heavy atom. The molecule has 0 amide bonds. The van der Waals surface area contributed by atoms with Gasteiger partial charge in [0.2, 0.25) is 0 Å². The largest absolute Gasteiger partial charge is 0.496 e. The van der Waals surface area contributed by atoms with Gasteiger partial charge in [0.25, 0.3) is 0 Å². The average molecular weight is 235 g/mol. The highest BCUT2D eigenvalue weighted by Gasteiger charge is 2.15. The predicted octanol–water partition coefficient (Wildman–Crippen LogP) is 3.14. The van der Waals surface area contributed by atoms with Gasteiger partial charge in [-0.25, -0.2) is 0 Å². The van der Waals surface area contributed by atoms with E-state index in [-0.39, 0.29) is 5.41 Å². The maximum Gasteiger partial charge on any atom is 0.122 e. The average Bonchev–Trinajstić information content (AvgIpc) is 2.28. The van der Waals surface area contributed by atoms with E-state index in [0.717, 1.165) is 25.3 Å². The predicted molar refractivity (Wildman–Crippen MR) is 73.9 cm³/mol. The Hall–Kier alpha value is -1.02. The Labute approximate surface area is 105 Å². The van der Waals surface area contributed by atoms with E-state index in [2.05, 4.69) is 51.2 Å². The first-order valence-corrected chi connectivity index (χ1v) is 6.37. The van der Waals surface area contributed by atoms with Gasteiger partial charge in [-0.1, -0.05) is 39.8 Å². The number of ether oxygens (including phenoxy) is 1. The van der Waals surface area contributed by atoms with Crippen molar-refractivity contribution in [1.82, 2.24) is 5.32 Å². The van der Waals surface area contributed by atoms with Crippen LogP contribution in [-0.4, -0.2) is 20.2 Å². The summed E-state index contributed by atoms with van der Waals surface area (Å²) in [5.74, 6) is 0.996. The molecule has 0 bridgehead atoms. The van der Waals surface area contributed by atoms with Crippen LogP contribution in [0.1, 0.15) is 38.8 Å². The molecule has 2 heteroatoms. The Kier molecular flexibility index (Phi) is 5.01. The van der Waals surface area contributed by atoms with Crippen molar-refractivity contribution >= 4 is 0 Å². The normalized spacial score (nSPS) is 11.6. The molecule has 1 aromatic rings. The van der Waals surface area contributed by atoms with Gasteiger partial charge < -0.3 is 10.1 Å². The van der Waals surface area contributed by atoms with E-state index < -0.39 is 0 Å². The van der Waals surface area contributed by atoms with Crippen molar-refractivity contribution in [3.05, 3.63) is 29.3 Å². The Bertz CT molecular complexity index is 352. The summed E-state index contributed by atoms with van der Waals surface area (Å²) in [6.45, 7) is 10.9. The molecule has 0 aliphatic carbocycles. The first-order valence-electron chi connectivity index (χ1n) is 6.37. The van der Waals surface area contributed by atoms with Gasteiger partial charge in [0.15, 0.2) is 0 Å². The number of benzene rings is 1. The van der Waals surface area contributed by atoms with Crippen molar-refractivity contribution in [2.24, 2.45) is 0 Å². The highest BCUT2D eigenvalue weighted by molar-refractivity contribution is 5.39. The van der Waals surface area contributed by atoms with Crippen molar-refractivity contribution < 1.29 is 4.74 Å². The summed E-state index contributed by atoms with van der Waals surface area (Å²) in [4.78, 5) is 0. The zero-order valence-electron chi connectivity index (χ0n) is 11.8. The van der Waals surface area contributed by atoms with Gasteiger partial charge in [-0.3, -0.25) is 0 Å². The minimum atomic E-state index is 0.194. The van der Waals surface area contributed by atoms with Gasteiger partial charge in [0.05, 0.1) is 7.11 Å². The molecular weight excluding hydrogens is 210 g/mol. The van der Waals surface area contributed by atoms with Crippen LogP contribution in [0, 0.1) is 0 Å². The van der Waals surface area contributed by atoms with Gasteiger partial charge in [-0.15, -0.1) is 0 Å². The maximum absolute atomic E-state index is 5.42. The Balaban J connectivity index is 2.90. The lowest BCUT2D eigenvalue weighted by atomic mass is 9.85. The summed E-state index contributed by atoms with van der Waals surface area (Å²) in [6, 6.07) is 6.52. The molecule has 0 saturated carbocycles. The van der Waals surface area contributed by atoms with Crippen molar-refractivity contribution in [1.29, 1.82) is 0 Å². The molecule has 1 aromatic carbocycles. The van der Waals surface area contributed by atoms with Crippen molar-refractivity contribution in [3.8, 4) is 5.75 Å². The van der Waals surface area contributed by atoms with E-state index in [9.17, 15) is 0 Å². The molecule has 0 atom stereocenters. The summed E-state index contributed by atoms with van der Waals surface area (Å²) in [6.07, 6.45) is 1.01. The third-order valence-electron chi connectivity index (χ3n) is 2.97. The van der Waals surface area contributed by atoms with Crippen LogP contribution >= 0.6 is 0 Å². The van der Waals surface area contributed by atoms with Gasteiger partial charge in [0.1, 0.15) is 5.75 Å². The maximum atomic E-state index is 5.42.